The van der Waals surface area contributed by atoms with Crippen molar-refractivity contribution in [2.24, 2.45) is 11.8 Å². The van der Waals surface area contributed by atoms with E-state index in [9.17, 15) is 9.59 Å². The summed E-state index contributed by atoms with van der Waals surface area (Å²) in [5, 5.41) is 3.05. The van der Waals surface area contributed by atoms with Crippen molar-refractivity contribution in [2.75, 3.05) is 13.1 Å². The van der Waals surface area contributed by atoms with E-state index >= 15 is 0 Å². The molecule has 0 aromatic heterocycles. The van der Waals surface area contributed by atoms with Crippen LogP contribution in [0.15, 0.2) is 0 Å². The van der Waals surface area contributed by atoms with Crippen LogP contribution in [0.3, 0.4) is 0 Å². The SMILES string of the molecule is CCC(C(=O)NN)N1CCC2NC(=O)CCC2C1. The van der Waals surface area contributed by atoms with Crippen LogP contribution in [0.2, 0.25) is 0 Å². The molecule has 0 spiro atoms. The maximum atomic E-state index is 11.7. The first-order valence-electron chi connectivity index (χ1n) is 6.69. The largest absolute Gasteiger partial charge is 0.353 e. The molecule has 2 rings (SSSR count). The molecule has 0 radical (unpaired) electrons. The molecular formula is C12H22N4O2. The van der Waals surface area contributed by atoms with E-state index in [4.69, 9.17) is 5.84 Å². The van der Waals surface area contributed by atoms with Crippen LogP contribution in [0.4, 0.5) is 0 Å². The van der Waals surface area contributed by atoms with Gasteiger partial charge >= 0.3 is 0 Å². The predicted octanol–water partition coefficient (Wildman–Crippen LogP) is -0.645. The molecule has 2 aliphatic heterocycles. The second-order valence-corrected chi connectivity index (χ2v) is 5.19. The normalized spacial score (nSPS) is 30.2. The molecule has 2 saturated heterocycles. The highest BCUT2D eigenvalue weighted by Crippen LogP contribution is 2.26. The highest BCUT2D eigenvalue weighted by atomic mass is 16.2. The van der Waals surface area contributed by atoms with Gasteiger partial charge in [0.15, 0.2) is 0 Å². The van der Waals surface area contributed by atoms with Gasteiger partial charge in [0, 0.05) is 25.6 Å². The van der Waals surface area contributed by atoms with Crippen molar-refractivity contribution in [3.63, 3.8) is 0 Å². The molecule has 0 aromatic rings. The van der Waals surface area contributed by atoms with Gasteiger partial charge in [-0.05, 0) is 25.2 Å². The minimum absolute atomic E-state index is 0.115. The summed E-state index contributed by atoms with van der Waals surface area (Å²) in [7, 11) is 0. The van der Waals surface area contributed by atoms with Gasteiger partial charge in [-0.25, -0.2) is 5.84 Å². The lowest BCUT2D eigenvalue weighted by Crippen LogP contribution is -2.58. The van der Waals surface area contributed by atoms with Crippen molar-refractivity contribution in [1.29, 1.82) is 0 Å². The molecule has 0 aliphatic carbocycles. The van der Waals surface area contributed by atoms with Crippen LogP contribution in [-0.2, 0) is 9.59 Å². The molecule has 102 valence electrons. The number of carbonyl (C=O) groups is 2. The van der Waals surface area contributed by atoms with Crippen molar-refractivity contribution in [3.05, 3.63) is 0 Å². The number of rotatable bonds is 3. The zero-order chi connectivity index (χ0) is 13.1. The first-order chi connectivity index (χ1) is 8.65. The maximum Gasteiger partial charge on any atom is 0.251 e. The number of amides is 2. The van der Waals surface area contributed by atoms with E-state index in [1.165, 1.54) is 0 Å². The van der Waals surface area contributed by atoms with Gasteiger partial charge in [-0.15, -0.1) is 0 Å². The van der Waals surface area contributed by atoms with Gasteiger partial charge in [0.05, 0.1) is 6.04 Å². The summed E-state index contributed by atoms with van der Waals surface area (Å²) < 4.78 is 0. The number of hydrazine groups is 1. The molecule has 0 aromatic carbocycles. The van der Waals surface area contributed by atoms with Crippen molar-refractivity contribution in [2.45, 2.75) is 44.7 Å². The Balaban J connectivity index is 1.97. The Bertz CT molecular complexity index is 334. The third-order valence-electron chi connectivity index (χ3n) is 4.13. The third-order valence-corrected chi connectivity index (χ3v) is 4.13. The fourth-order valence-corrected chi connectivity index (χ4v) is 3.13. The molecule has 3 atom stereocenters. The van der Waals surface area contributed by atoms with Gasteiger partial charge in [-0.3, -0.25) is 19.9 Å². The summed E-state index contributed by atoms with van der Waals surface area (Å²) in [5.74, 6) is 5.74. The van der Waals surface area contributed by atoms with E-state index in [2.05, 4.69) is 15.6 Å². The van der Waals surface area contributed by atoms with E-state index < -0.39 is 0 Å². The molecule has 0 bridgehead atoms. The predicted molar refractivity (Wildman–Crippen MR) is 67.3 cm³/mol. The average Bonchev–Trinajstić information content (AvgIpc) is 2.39. The molecule has 2 heterocycles. The van der Waals surface area contributed by atoms with Crippen LogP contribution in [0.1, 0.15) is 32.6 Å². The van der Waals surface area contributed by atoms with Crippen LogP contribution >= 0.6 is 0 Å². The van der Waals surface area contributed by atoms with Gasteiger partial charge in [0.25, 0.3) is 5.91 Å². The molecule has 6 nitrogen and oxygen atoms in total. The lowest BCUT2D eigenvalue weighted by molar-refractivity contribution is -0.130. The van der Waals surface area contributed by atoms with Gasteiger partial charge in [-0.1, -0.05) is 6.92 Å². The number of nitrogens with zero attached hydrogens (tertiary/aromatic N) is 1. The molecule has 0 saturated carbocycles. The van der Waals surface area contributed by atoms with Crippen molar-refractivity contribution in [1.82, 2.24) is 15.6 Å². The van der Waals surface area contributed by atoms with Gasteiger partial charge < -0.3 is 5.32 Å². The molecule has 2 aliphatic rings. The minimum atomic E-state index is -0.145. The summed E-state index contributed by atoms with van der Waals surface area (Å²) in [6.07, 6.45) is 3.21. The Labute approximate surface area is 107 Å². The number of hydrogen-bond donors (Lipinski definition) is 3. The Kier molecular flexibility index (Phi) is 4.19. The van der Waals surface area contributed by atoms with Crippen molar-refractivity contribution >= 4 is 11.8 Å². The number of nitrogens with two attached hydrogens (primary N) is 1. The fourth-order valence-electron chi connectivity index (χ4n) is 3.13. The molecule has 3 unspecified atom stereocenters. The molecular weight excluding hydrogens is 232 g/mol. The highest BCUT2D eigenvalue weighted by molar-refractivity contribution is 5.81. The van der Waals surface area contributed by atoms with Crippen LogP contribution in [0.5, 0.6) is 0 Å². The molecule has 18 heavy (non-hydrogen) atoms. The number of piperidine rings is 2. The summed E-state index contributed by atoms with van der Waals surface area (Å²) in [6.45, 7) is 3.71. The number of likely N-dealkylation sites (tertiary alicyclic amines) is 1. The lowest BCUT2D eigenvalue weighted by Gasteiger charge is -2.43. The summed E-state index contributed by atoms with van der Waals surface area (Å²) in [5.41, 5.74) is 2.24. The topological polar surface area (TPSA) is 87.5 Å². The van der Waals surface area contributed by atoms with E-state index in [0.29, 0.717) is 18.4 Å². The highest BCUT2D eigenvalue weighted by Gasteiger charge is 2.37. The Morgan fingerprint density at radius 2 is 2.39 bits per heavy atom. The number of hydrogen-bond acceptors (Lipinski definition) is 4. The molecule has 2 fully saturated rings. The summed E-state index contributed by atoms with van der Waals surface area (Å²) >= 11 is 0. The summed E-state index contributed by atoms with van der Waals surface area (Å²) in [4.78, 5) is 25.2. The average molecular weight is 254 g/mol. The Morgan fingerprint density at radius 1 is 1.61 bits per heavy atom. The van der Waals surface area contributed by atoms with E-state index in [-0.39, 0.29) is 17.9 Å². The third kappa shape index (κ3) is 2.64. The molecule has 6 heteroatoms. The molecule has 4 N–H and O–H groups in total. The van der Waals surface area contributed by atoms with E-state index in [1.807, 2.05) is 6.92 Å². The molecule has 2 amide bonds. The van der Waals surface area contributed by atoms with Crippen LogP contribution in [0.25, 0.3) is 0 Å². The zero-order valence-electron chi connectivity index (χ0n) is 10.8. The van der Waals surface area contributed by atoms with E-state index in [0.717, 1.165) is 32.4 Å². The van der Waals surface area contributed by atoms with Gasteiger partial charge in [0.1, 0.15) is 0 Å². The zero-order valence-corrected chi connectivity index (χ0v) is 10.8. The standard InChI is InChI=1S/C12H22N4O2/c1-2-10(12(18)15-13)16-6-5-9-8(7-16)3-4-11(17)14-9/h8-10H,2-7,13H2,1H3,(H,14,17)(H,15,18). The smallest absolute Gasteiger partial charge is 0.251 e. The van der Waals surface area contributed by atoms with Crippen LogP contribution in [-0.4, -0.2) is 41.9 Å². The first-order valence-corrected chi connectivity index (χ1v) is 6.69. The van der Waals surface area contributed by atoms with Gasteiger partial charge in [0.2, 0.25) is 5.91 Å². The van der Waals surface area contributed by atoms with Gasteiger partial charge in [-0.2, -0.15) is 0 Å². The lowest BCUT2D eigenvalue weighted by atomic mass is 9.84. The van der Waals surface area contributed by atoms with E-state index in [1.54, 1.807) is 0 Å². The fraction of sp³-hybridized carbons (Fsp3) is 0.833. The number of carbonyl (C=O) groups excluding carboxylic acids is 2. The van der Waals surface area contributed by atoms with Crippen LogP contribution < -0.4 is 16.6 Å². The Morgan fingerprint density at radius 3 is 3.06 bits per heavy atom. The monoisotopic (exact) mass is 254 g/mol. The Hall–Kier alpha value is -1.14. The van der Waals surface area contributed by atoms with Crippen molar-refractivity contribution in [3.8, 4) is 0 Å². The van der Waals surface area contributed by atoms with Crippen LogP contribution in [0, 0.1) is 5.92 Å². The maximum absolute atomic E-state index is 11.7. The minimum Gasteiger partial charge on any atom is -0.353 e. The quantitative estimate of drug-likeness (QED) is 0.355. The summed E-state index contributed by atoms with van der Waals surface area (Å²) in [6, 6.07) is 0.148. The second kappa shape index (κ2) is 5.67. The number of fused-ring (bicyclic) bond motifs is 1. The first kappa shape index (κ1) is 13.3. The van der Waals surface area contributed by atoms with Crippen molar-refractivity contribution < 1.29 is 9.59 Å². The number of nitrogens with one attached hydrogen (secondary N) is 2. The second-order valence-electron chi connectivity index (χ2n) is 5.19.